The molecule has 0 amide bonds. The van der Waals surface area contributed by atoms with Crippen molar-refractivity contribution >= 4 is 51.5 Å². The standard InChI is InChI=1S/C18H17NS3/c1-18(2,3)12-4-6-13(7-5-12)19-14-8-10-20-16(14)22-17-15(19)9-11-21-17/h4-11H,1-3H3. The third-order valence-corrected chi connectivity index (χ3v) is 7.14. The minimum Gasteiger partial charge on any atom is -0.306 e. The summed E-state index contributed by atoms with van der Waals surface area (Å²) in [6, 6.07) is 13.5. The van der Waals surface area contributed by atoms with E-state index in [0.717, 1.165) is 0 Å². The van der Waals surface area contributed by atoms with Crippen LogP contribution >= 0.6 is 34.4 Å². The van der Waals surface area contributed by atoms with Gasteiger partial charge in [-0.2, -0.15) is 0 Å². The van der Waals surface area contributed by atoms with Crippen molar-refractivity contribution in [2.24, 2.45) is 0 Å². The van der Waals surface area contributed by atoms with Crippen LogP contribution in [0.2, 0.25) is 0 Å². The molecule has 1 aliphatic rings. The molecule has 0 unspecified atom stereocenters. The number of fused-ring (bicyclic) bond motifs is 2. The van der Waals surface area contributed by atoms with Crippen molar-refractivity contribution in [1.82, 2.24) is 0 Å². The van der Waals surface area contributed by atoms with Crippen molar-refractivity contribution in [2.75, 3.05) is 4.90 Å². The molecule has 0 bridgehead atoms. The van der Waals surface area contributed by atoms with Gasteiger partial charge in [0.25, 0.3) is 0 Å². The number of nitrogens with zero attached hydrogens (tertiary/aromatic N) is 1. The number of anilines is 3. The highest BCUT2D eigenvalue weighted by molar-refractivity contribution is 8.03. The summed E-state index contributed by atoms with van der Waals surface area (Å²) in [5.41, 5.74) is 5.43. The van der Waals surface area contributed by atoms with Crippen molar-refractivity contribution in [3.05, 3.63) is 52.7 Å². The van der Waals surface area contributed by atoms with Gasteiger partial charge in [-0.3, -0.25) is 0 Å². The van der Waals surface area contributed by atoms with E-state index in [-0.39, 0.29) is 5.41 Å². The van der Waals surface area contributed by atoms with E-state index in [1.54, 1.807) is 0 Å². The molecule has 1 aliphatic heterocycles. The highest BCUT2D eigenvalue weighted by atomic mass is 32.2. The molecule has 112 valence electrons. The molecule has 3 aromatic rings. The van der Waals surface area contributed by atoms with Gasteiger partial charge < -0.3 is 4.90 Å². The first-order valence-corrected chi connectivity index (χ1v) is 9.85. The number of thiophene rings is 2. The summed E-state index contributed by atoms with van der Waals surface area (Å²) in [5.74, 6) is 0. The highest BCUT2D eigenvalue weighted by Gasteiger charge is 2.27. The Morgan fingerprint density at radius 1 is 0.773 bits per heavy atom. The third kappa shape index (κ3) is 2.30. The normalized spacial score (nSPS) is 13.9. The van der Waals surface area contributed by atoms with E-state index < -0.39 is 0 Å². The van der Waals surface area contributed by atoms with Gasteiger partial charge in [-0.15, -0.1) is 22.7 Å². The predicted octanol–water partition coefficient (Wildman–Crippen LogP) is 7.04. The molecule has 4 rings (SSSR count). The molecule has 2 aromatic heterocycles. The van der Waals surface area contributed by atoms with E-state index >= 15 is 0 Å². The molecular formula is C18H17NS3. The Kier molecular flexibility index (Phi) is 3.36. The molecule has 0 saturated heterocycles. The van der Waals surface area contributed by atoms with Crippen molar-refractivity contribution in [2.45, 2.75) is 34.6 Å². The molecule has 4 heteroatoms. The minimum atomic E-state index is 0.192. The number of rotatable bonds is 1. The maximum Gasteiger partial charge on any atom is 0.0896 e. The lowest BCUT2D eigenvalue weighted by Crippen LogP contribution is -2.14. The molecule has 1 nitrogen and oxygen atoms in total. The maximum absolute atomic E-state index is 2.39. The van der Waals surface area contributed by atoms with Gasteiger partial charge in [-0.05, 0) is 46.0 Å². The Labute approximate surface area is 143 Å². The topological polar surface area (TPSA) is 3.24 Å². The molecule has 0 aliphatic carbocycles. The SMILES string of the molecule is CC(C)(C)c1ccc(N2c3ccsc3Sc3sccc32)cc1. The molecule has 0 spiro atoms. The van der Waals surface area contributed by atoms with Gasteiger partial charge in [0.2, 0.25) is 0 Å². The monoisotopic (exact) mass is 343 g/mol. The van der Waals surface area contributed by atoms with Crippen LogP contribution in [0.15, 0.2) is 55.6 Å². The highest BCUT2D eigenvalue weighted by Crippen LogP contribution is 2.55. The van der Waals surface area contributed by atoms with Crippen LogP contribution in [0.4, 0.5) is 17.1 Å². The Morgan fingerprint density at radius 2 is 1.32 bits per heavy atom. The molecule has 0 saturated carbocycles. The second-order valence-corrected chi connectivity index (χ2v) is 9.79. The second kappa shape index (κ2) is 5.15. The molecule has 22 heavy (non-hydrogen) atoms. The van der Waals surface area contributed by atoms with E-state index in [9.17, 15) is 0 Å². The molecule has 3 heterocycles. The first kappa shape index (κ1) is 14.4. The lowest BCUT2D eigenvalue weighted by Gasteiger charge is -2.29. The van der Waals surface area contributed by atoms with Crippen LogP contribution in [-0.2, 0) is 5.41 Å². The predicted molar refractivity (Wildman–Crippen MR) is 99.7 cm³/mol. The summed E-state index contributed by atoms with van der Waals surface area (Å²) < 4.78 is 2.77. The van der Waals surface area contributed by atoms with Crippen molar-refractivity contribution < 1.29 is 0 Å². The van der Waals surface area contributed by atoms with Crippen LogP contribution in [0, 0.1) is 0 Å². The molecule has 0 fully saturated rings. The lowest BCUT2D eigenvalue weighted by molar-refractivity contribution is 0.590. The van der Waals surface area contributed by atoms with Gasteiger partial charge in [0, 0.05) is 5.69 Å². The van der Waals surface area contributed by atoms with E-state index in [1.807, 2.05) is 34.4 Å². The fraction of sp³-hybridized carbons (Fsp3) is 0.222. The van der Waals surface area contributed by atoms with Crippen molar-refractivity contribution in [3.8, 4) is 0 Å². The lowest BCUT2D eigenvalue weighted by atomic mass is 9.87. The zero-order chi connectivity index (χ0) is 15.3. The molecular weight excluding hydrogens is 326 g/mol. The Hall–Kier alpha value is -1.23. The average Bonchev–Trinajstić information content (AvgIpc) is 3.12. The van der Waals surface area contributed by atoms with Gasteiger partial charge in [-0.25, -0.2) is 0 Å². The Balaban J connectivity index is 1.82. The van der Waals surface area contributed by atoms with Gasteiger partial charge in [0.15, 0.2) is 0 Å². The van der Waals surface area contributed by atoms with Gasteiger partial charge in [0.05, 0.1) is 19.8 Å². The summed E-state index contributed by atoms with van der Waals surface area (Å²) in [5, 5.41) is 4.37. The van der Waals surface area contributed by atoms with Gasteiger partial charge >= 0.3 is 0 Å². The molecule has 0 N–H and O–H groups in total. The maximum atomic E-state index is 2.39. The summed E-state index contributed by atoms with van der Waals surface area (Å²) in [4.78, 5) is 2.39. The van der Waals surface area contributed by atoms with Crippen molar-refractivity contribution in [1.29, 1.82) is 0 Å². The second-order valence-electron chi connectivity index (χ2n) is 6.42. The van der Waals surface area contributed by atoms with Gasteiger partial charge in [-0.1, -0.05) is 44.7 Å². The van der Waals surface area contributed by atoms with Crippen LogP contribution in [0.25, 0.3) is 0 Å². The zero-order valence-electron chi connectivity index (χ0n) is 12.8. The van der Waals surface area contributed by atoms with Crippen LogP contribution < -0.4 is 4.90 Å². The molecule has 0 atom stereocenters. The van der Waals surface area contributed by atoms with Crippen LogP contribution in [-0.4, -0.2) is 0 Å². The summed E-state index contributed by atoms with van der Waals surface area (Å²) >= 11 is 5.55. The summed E-state index contributed by atoms with van der Waals surface area (Å²) in [6.07, 6.45) is 0. The minimum absolute atomic E-state index is 0.192. The molecule has 1 aromatic carbocycles. The van der Waals surface area contributed by atoms with E-state index in [0.29, 0.717) is 0 Å². The van der Waals surface area contributed by atoms with E-state index in [4.69, 9.17) is 0 Å². The van der Waals surface area contributed by atoms with Crippen LogP contribution in [0.3, 0.4) is 0 Å². The quantitative estimate of drug-likeness (QED) is 0.364. The Morgan fingerprint density at radius 3 is 1.82 bits per heavy atom. The fourth-order valence-corrected chi connectivity index (χ4v) is 5.94. The number of hydrogen-bond acceptors (Lipinski definition) is 4. The van der Waals surface area contributed by atoms with Crippen molar-refractivity contribution in [3.63, 3.8) is 0 Å². The van der Waals surface area contributed by atoms with Crippen LogP contribution in [0.1, 0.15) is 26.3 Å². The number of benzene rings is 1. The van der Waals surface area contributed by atoms with E-state index in [2.05, 4.69) is 72.8 Å². The fourth-order valence-electron chi connectivity index (χ4n) is 2.66. The van der Waals surface area contributed by atoms with Crippen LogP contribution in [0.5, 0.6) is 0 Å². The first-order chi connectivity index (χ1) is 10.5. The number of hydrogen-bond donors (Lipinski definition) is 0. The third-order valence-electron chi connectivity index (χ3n) is 3.88. The van der Waals surface area contributed by atoms with Gasteiger partial charge in [0.1, 0.15) is 0 Å². The smallest absolute Gasteiger partial charge is 0.0896 e. The van der Waals surface area contributed by atoms with E-state index in [1.165, 1.54) is 31.0 Å². The summed E-state index contributed by atoms with van der Waals surface area (Å²) in [6.45, 7) is 6.77. The molecule has 0 radical (unpaired) electrons. The first-order valence-electron chi connectivity index (χ1n) is 7.27. The zero-order valence-corrected chi connectivity index (χ0v) is 15.2. The summed E-state index contributed by atoms with van der Waals surface area (Å²) in [7, 11) is 0. The average molecular weight is 344 g/mol. The largest absolute Gasteiger partial charge is 0.306 e. The Bertz CT molecular complexity index is 765.